The van der Waals surface area contributed by atoms with Gasteiger partial charge in [-0.2, -0.15) is 0 Å². The first-order valence-electron chi connectivity index (χ1n) is 5.93. The Morgan fingerprint density at radius 1 is 1.28 bits per heavy atom. The van der Waals surface area contributed by atoms with E-state index in [1.165, 1.54) is 0 Å². The molecule has 1 aliphatic rings. The molecule has 1 N–H and O–H groups in total. The van der Waals surface area contributed by atoms with Crippen molar-refractivity contribution in [3.8, 4) is 0 Å². The van der Waals surface area contributed by atoms with E-state index >= 15 is 0 Å². The Kier molecular flexibility index (Phi) is 3.72. The minimum absolute atomic E-state index is 0.0645. The molecule has 0 aromatic carbocycles. The SMILES string of the molecule is c1nc(SCCC2OCCCO2)c2[nH]cnc2n1. The van der Waals surface area contributed by atoms with Crippen molar-refractivity contribution in [2.24, 2.45) is 0 Å². The van der Waals surface area contributed by atoms with Crippen LogP contribution in [0.5, 0.6) is 0 Å². The molecule has 3 heterocycles. The molecule has 0 unspecified atom stereocenters. The fourth-order valence-electron chi connectivity index (χ4n) is 1.81. The van der Waals surface area contributed by atoms with Gasteiger partial charge in [-0.15, -0.1) is 11.8 Å². The molecular weight excluding hydrogens is 252 g/mol. The lowest BCUT2D eigenvalue weighted by Crippen LogP contribution is -2.25. The topological polar surface area (TPSA) is 72.9 Å². The van der Waals surface area contributed by atoms with Crippen molar-refractivity contribution in [1.82, 2.24) is 19.9 Å². The van der Waals surface area contributed by atoms with Crippen LogP contribution in [0.15, 0.2) is 17.7 Å². The van der Waals surface area contributed by atoms with Crippen LogP contribution < -0.4 is 0 Å². The maximum atomic E-state index is 5.50. The molecule has 0 spiro atoms. The molecule has 2 aromatic rings. The highest BCUT2D eigenvalue weighted by atomic mass is 32.2. The molecule has 7 heteroatoms. The molecule has 0 bridgehead atoms. The van der Waals surface area contributed by atoms with E-state index in [1.807, 2.05) is 0 Å². The van der Waals surface area contributed by atoms with Crippen molar-refractivity contribution in [1.29, 1.82) is 0 Å². The van der Waals surface area contributed by atoms with Crippen LogP contribution in [0.1, 0.15) is 12.8 Å². The van der Waals surface area contributed by atoms with Crippen molar-refractivity contribution in [2.75, 3.05) is 19.0 Å². The summed E-state index contributed by atoms with van der Waals surface area (Å²) in [5, 5.41) is 0.924. The number of aromatic amines is 1. The van der Waals surface area contributed by atoms with Crippen molar-refractivity contribution >= 4 is 22.9 Å². The lowest BCUT2D eigenvalue weighted by atomic mass is 10.4. The van der Waals surface area contributed by atoms with Gasteiger partial charge in [0.1, 0.15) is 16.9 Å². The third kappa shape index (κ3) is 2.63. The van der Waals surface area contributed by atoms with Gasteiger partial charge >= 0.3 is 0 Å². The highest BCUT2D eigenvalue weighted by Gasteiger charge is 2.14. The molecule has 18 heavy (non-hydrogen) atoms. The van der Waals surface area contributed by atoms with Gasteiger partial charge in [0.25, 0.3) is 0 Å². The molecule has 3 rings (SSSR count). The number of H-pyrrole nitrogens is 1. The zero-order chi connectivity index (χ0) is 12.2. The number of rotatable bonds is 4. The van der Waals surface area contributed by atoms with Crippen molar-refractivity contribution in [2.45, 2.75) is 24.2 Å². The largest absolute Gasteiger partial charge is 0.353 e. The molecule has 1 saturated heterocycles. The van der Waals surface area contributed by atoms with Crippen LogP contribution in [0.4, 0.5) is 0 Å². The fraction of sp³-hybridized carbons (Fsp3) is 0.545. The number of nitrogens with zero attached hydrogens (tertiary/aromatic N) is 3. The molecule has 6 nitrogen and oxygen atoms in total. The molecular formula is C11H14N4O2S. The first-order valence-corrected chi connectivity index (χ1v) is 6.92. The highest BCUT2D eigenvalue weighted by molar-refractivity contribution is 7.99. The summed E-state index contributed by atoms with van der Waals surface area (Å²) in [7, 11) is 0. The number of thioether (sulfide) groups is 1. The van der Waals surface area contributed by atoms with Gasteiger partial charge < -0.3 is 14.5 Å². The van der Waals surface area contributed by atoms with Crippen molar-refractivity contribution in [3.63, 3.8) is 0 Å². The monoisotopic (exact) mass is 266 g/mol. The molecule has 0 atom stereocenters. The van der Waals surface area contributed by atoms with Crippen molar-refractivity contribution < 1.29 is 9.47 Å². The van der Waals surface area contributed by atoms with Gasteiger partial charge in [-0.25, -0.2) is 15.0 Å². The van der Waals surface area contributed by atoms with E-state index in [-0.39, 0.29) is 6.29 Å². The molecule has 0 amide bonds. The van der Waals surface area contributed by atoms with Crippen LogP contribution in [0.25, 0.3) is 11.2 Å². The van der Waals surface area contributed by atoms with Crippen molar-refractivity contribution in [3.05, 3.63) is 12.7 Å². The number of fused-ring (bicyclic) bond motifs is 1. The standard InChI is InChI=1S/C11H14N4O2S/c1-3-16-8(17-4-1)2-5-18-11-9-10(13-6-12-9)14-7-15-11/h6-8H,1-5H2,(H,12,13,14,15). The molecule has 1 aliphatic heterocycles. The first-order chi connectivity index (χ1) is 8.93. The number of ether oxygens (including phenoxy) is 2. The van der Waals surface area contributed by atoms with Crippen LogP contribution >= 0.6 is 11.8 Å². The van der Waals surface area contributed by atoms with E-state index in [0.29, 0.717) is 5.65 Å². The Hall–Kier alpha value is -1.18. The van der Waals surface area contributed by atoms with Gasteiger partial charge in [0.2, 0.25) is 0 Å². The average molecular weight is 266 g/mol. The summed E-state index contributed by atoms with van der Waals surface area (Å²) in [4.78, 5) is 15.5. The third-order valence-electron chi connectivity index (χ3n) is 2.68. The second-order valence-corrected chi connectivity index (χ2v) is 5.03. The summed E-state index contributed by atoms with van der Waals surface area (Å²) in [6.07, 6.45) is 4.97. The van der Waals surface area contributed by atoms with Crippen LogP contribution in [-0.4, -0.2) is 45.2 Å². The summed E-state index contributed by atoms with van der Waals surface area (Å²) in [6.45, 7) is 1.60. The minimum Gasteiger partial charge on any atom is -0.353 e. The Balaban J connectivity index is 1.57. The summed E-state index contributed by atoms with van der Waals surface area (Å²) in [5.41, 5.74) is 1.60. The zero-order valence-corrected chi connectivity index (χ0v) is 10.7. The third-order valence-corrected chi connectivity index (χ3v) is 3.70. The lowest BCUT2D eigenvalue weighted by molar-refractivity contribution is -0.178. The fourth-order valence-corrected chi connectivity index (χ4v) is 2.73. The van der Waals surface area contributed by atoms with E-state index in [9.17, 15) is 0 Å². The highest BCUT2D eigenvalue weighted by Crippen LogP contribution is 2.23. The van der Waals surface area contributed by atoms with E-state index < -0.39 is 0 Å². The minimum atomic E-state index is -0.0645. The second kappa shape index (κ2) is 5.64. The van der Waals surface area contributed by atoms with Gasteiger partial charge in [-0.1, -0.05) is 0 Å². The first kappa shape index (κ1) is 11.9. The Morgan fingerprint density at radius 2 is 2.17 bits per heavy atom. The van der Waals surface area contributed by atoms with Gasteiger partial charge in [-0.3, -0.25) is 0 Å². The predicted octanol–water partition coefficient (Wildman–Crippen LogP) is 1.60. The molecule has 1 fully saturated rings. The molecule has 0 radical (unpaired) electrons. The Morgan fingerprint density at radius 3 is 3.06 bits per heavy atom. The molecule has 2 aromatic heterocycles. The number of aromatic nitrogens is 4. The average Bonchev–Trinajstić information content (AvgIpc) is 2.89. The number of imidazole rings is 1. The Labute approximate surface area is 109 Å². The molecule has 96 valence electrons. The second-order valence-electron chi connectivity index (χ2n) is 3.94. The maximum absolute atomic E-state index is 5.50. The van der Waals surface area contributed by atoms with E-state index in [2.05, 4.69) is 19.9 Å². The van der Waals surface area contributed by atoms with E-state index in [0.717, 1.165) is 42.4 Å². The predicted molar refractivity (Wildman–Crippen MR) is 67.3 cm³/mol. The Bertz CT molecular complexity index is 512. The lowest BCUT2D eigenvalue weighted by Gasteiger charge is -2.22. The van der Waals surface area contributed by atoms with Gasteiger partial charge in [0.05, 0.1) is 19.5 Å². The van der Waals surface area contributed by atoms with Gasteiger partial charge in [0.15, 0.2) is 11.9 Å². The van der Waals surface area contributed by atoms with E-state index in [1.54, 1.807) is 24.4 Å². The zero-order valence-electron chi connectivity index (χ0n) is 9.83. The van der Waals surface area contributed by atoms with Gasteiger partial charge in [-0.05, 0) is 6.42 Å². The van der Waals surface area contributed by atoms with Crippen LogP contribution in [0.3, 0.4) is 0 Å². The summed E-state index contributed by atoms with van der Waals surface area (Å²) in [6, 6.07) is 0. The summed E-state index contributed by atoms with van der Waals surface area (Å²) in [5.74, 6) is 0.899. The van der Waals surface area contributed by atoms with Gasteiger partial charge in [0, 0.05) is 12.2 Å². The maximum Gasteiger partial charge on any atom is 0.181 e. The molecule has 0 aliphatic carbocycles. The molecule has 0 saturated carbocycles. The summed E-state index contributed by atoms with van der Waals surface area (Å²) < 4.78 is 11.0. The summed E-state index contributed by atoms with van der Waals surface area (Å²) >= 11 is 1.67. The number of hydrogen-bond acceptors (Lipinski definition) is 6. The van der Waals surface area contributed by atoms with Crippen LogP contribution in [-0.2, 0) is 9.47 Å². The normalized spacial score (nSPS) is 17.3. The number of nitrogens with one attached hydrogen (secondary N) is 1. The smallest absolute Gasteiger partial charge is 0.181 e. The van der Waals surface area contributed by atoms with E-state index in [4.69, 9.17) is 9.47 Å². The van der Waals surface area contributed by atoms with Crippen LogP contribution in [0.2, 0.25) is 0 Å². The van der Waals surface area contributed by atoms with Crippen LogP contribution in [0, 0.1) is 0 Å². The number of hydrogen-bond donors (Lipinski definition) is 1. The quantitative estimate of drug-likeness (QED) is 0.669.